The second-order valence-corrected chi connectivity index (χ2v) is 6.00. The van der Waals surface area contributed by atoms with E-state index in [1.54, 1.807) is 0 Å². The third-order valence-electron chi connectivity index (χ3n) is 4.67. The number of rotatable bonds is 8. The Kier molecular flexibility index (Phi) is 5.15. The minimum absolute atomic E-state index is 0.898. The van der Waals surface area contributed by atoms with Gasteiger partial charge in [-0.15, -0.1) is 0 Å². The van der Waals surface area contributed by atoms with E-state index in [1.807, 2.05) is 0 Å². The molecular formula is C15H29N. The van der Waals surface area contributed by atoms with E-state index in [4.69, 9.17) is 0 Å². The molecule has 2 aliphatic carbocycles. The average Bonchev–Trinajstić information content (AvgIpc) is 2.90. The van der Waals surface area contributed by atoms with Gasteiger partial charge in [-0.25, -0.2) is 0 Å². The predicted octanol–water partition coefficient (Wildman–Crippen LogP) is 4.13. The van der Waals surface area contributed by atoms with Gasteiger partial charge in [0.05, 0.1) is 0 Å². The minimum atomic E-state index is 0.898. The van der Waals surface area contributed by atoms with Gasteiger partial charge in [0.25, 0.3) is 0 Å². The van der Waals surface area contributed by atoms with Crippen molar-refractivity contribution >= 4 is 0 Å². The number of fused-ring (bicyclic) bond motifs is 2. The summed E-state index contributed by atoms with van der Waals surface area (Å²) in [7, 11) is 0. The largest absolute Gasteiger partial charge is 0.314 e. The fourth-order valence-electron chi connectivity index (χ4n) is 3.69. The van der Waals surface area contributed by atoms with Gasteiger partial charge in [-0.3, -0.25) is 0 Å². The van der Waals surface area contributed by atoms with Crippen LogP contribution in [0.5, 0.6) is 0 Å². The molecule has 0 heterocycles. The van der Waals surface area contributed by atoms with E-state index in [1.165, 1.54) is 70.8 Å². The first-order valence-corrected chi connectivity index (χ1v) is 7.63. The molecule has 2 saturated carbocycles. The van der Waals surface area contributed by atoms with Gasteiger partial charge in [-0.1, -0.05) is 45.4 Å². The Balaban J connectivity index is 1.43. The number of hydrogen-bond acceptors (Lipinski definition) is 1. The first-order chi connectivity index (χ1) is 7.90. The topological polar surface area (TPSA) is 12.0 Å². The molecule has 3 atom stereocenters. The zero-order valence-corrected chi connectivity index (χ0v) is 11.0. The van der Waals surface area contributed by atoms with E-state index in [0.717, 1.165) is 17.9 Å². The molecule has 2 fully saturated rings. The van der Waals surface area contributed by atoms with Crippen LogP contribution in [0.2, 0.25) is 0 Å². The summed E-state index contributed by atoms with van der Waals surface area (Å²) in [6, 6.07) is 0.898. The number of unbranched alkanes of at least 4 members (excludes halogenated alkanes) is 5. The molecule has 16 heavy (non-hydrogen) atoms. The summed E-state index contributed by atoms with van der Waals surface area (Å²) in [5.41, 5.74) is 0. The molecule has 0 radical (unpaired) electrons. The molecule has 0 spiro atoms. The zero-order valence-electron chi connectivity index (χ0n) is 11.0. The van der Waals surface area contributed by atoms with Crippen molar-refractivity contribution in [2.75, 3.05) is 6.54 Å². The summed E-state index contributed by atoms with van der Waals surface area (Å²) in [5, 5.41) is 3.80. The summed E-state index contributed by atoms with van der Waals surface area (Å²) in [6.45, 7) is 3.57. The third-order valence-corrected chi connectivity index (χ3v) is 4.67. The standard InChI is InChI=1S/C15H29N/c1-2-3-4-5-6-7-10-16-15-12-13-8-9-14(15)11-13/h13-16H,2-12H2,1H3. The molecule has 3 unspecified atom stereocenters. The summed E-state index contributed by atoms with van der Waals surface area (Å²) in [5.74, 6) is 2.14. The van der Waals surface area contributed by atoms with Crippen LogP contribution < -0.4 is 5.32 Å². The van der Waals surface area contributed by atoms with Crippen molar-refractivity contribution in [3.63, 3.8) is 0 Å². The predicted molar refractivity (Wildman–Crippen MR) is 70.6 cm³/mol. The first-order valence-electron chi connectivity index (χ1n) is 7.63. The Bertz CT molecular complexity index is 190. The molecule has 0 aromatic heterocycles. The lowest BCUT2D eigenvalue weighted by atomic mass is 9.95. The molecule has 2 bridgehead atoms. The Morgan fingerprint density at radius 3 is 2.44 bits per heavy atom. The van der Waals surface area contributed by atoms with Crippen molar-refractivity contribution in [1.82, 2.24) is 5.32 Å². The molecular weight excluding hydrogens is 194 g/mol. The van der Waals surface area contributed by atoms with Crippen LogP contribution in [-0.2, 0) is 0 Å². The molecule has 0 aliphatic heterocycles. The Morgan fingerprint density at radius 1 is 0.938 bits per heavy atom. The van der Waals surface area contributed by atoms with E-state index < -0.39 is 0 Å². The van der Waals surface area contributed by atoms with Crippen LogP contribution in [0.25, 0.3) is 0 Å². The van der Waals surface area contributed by atoms with E-state index in [2.05, 4.69) is 12.2 Å². The monoisotopic (exact) mass is 223 g/mol. The maximum absolute atomic E-state index is 3.80. The molecule has 1 heteroatoms. The van der Waals surface area contributed by atoms with Crippen LogP contribution in [0.3, 0.4) is 0 Å². The normalized spacial score (nSPS) is 32.4. The summed E-state index contributed by atoms with van der Waals surface area (Å²) in [4.78, 5) is 0. The first kappa shape index (κ1) is 12.4. The lowest BCUT2D eigenvalue weighted by Gasteiger charge is -2.22. The molecule has 0 saturated heterocycles. The third kappa shape index (κ3) is 3.48. The van der Waals surface area contributed by atoms with E-state index in [9.17, 15) is 0 Å². The quantitative estimate of drug-likeness (QED) is 0.610. The maximum Gasteiger partial charge on any atom is 0.00980 e. The van der Waals surface area contributed by atoms with Gasteiger partial charge in [0.2, 0.25) is 0 Å². The van der Waals surface area contributed by atoms with Crippen LogP contribution in [0.1, 0.15) is 71.1 Å². The van der Waals surface area contributed by atoms with Crippen LogP contribution in [-0.4, -0.2) is 12.6 Å². The van der Waals surface area contributed by atoms with Crippen LogP contribution in [0.15, 0.2) is 0 Å². The van der Waals surface area contributed by atoms with Gasteiger partial charge in [-0.05, 0) is 44.1 Å². The van der Waals surface area contributed by atoms with Gasteiger partial charge in [0, 0.05) is 6.04 Å². The van der Waals surface area contributed by atoms with Gasteiger partial charge in [0.1, 0.15) is 0 Å². The summed E-state index contributed by atoms with van der Waals surface area (Å²) >= 11 is 0. The molecule has 2 rings (SSSR count). The lowest BCUT2D eigenvalue weighted by Crippen LogP contribution is -2.34. The molecule has 0 aromatic rings. The van der Waals surface area contributed by atoms with Crippen LogP contribution in [0.4, 0.5) is 0 Å². The second-order valence-electron chi connectivity index (χ2n) is 6.00. The molecule has 94 valence electrons. The Labute approximate surface area is 101 Å². The van der Waals surface area contributed by atoms with Crippen molar-refractivity contribution in [2.24, 2.45) is 11.8 Å². The van der Waals surface area contributed by atoms with Crippen molar-refractivity contribution in [3.8, 4) is 0 Å². The van der Waals surface area contributed by atoms with Crippen LogP contribution >= 0.6 is 0 Å². The molecule has 2 aliphatic rings. The van der Waals surface area contributed by atoms with Gasteiger partial charge in [-0.2, -0.15) is 0 Å². The van der Waals surface area contributed by atoms with E-state index in [0.29, 0.717) is 0 Å². The number of nitrogens with one attached hydrogen (secondary N) is 1. The summed E-state index contributed by atoms with van der Waals surface area (Å²) in [6.07, 6.45) is 14.6. The Morgan fingerprint density at radius 2 is 1.75 bits per heavy atom. The van der Waals surface area contributed by atoms with Gasteiger partial charge < -0.3 is 5.32 Å². The molecule has 0 amide bonds. The minimum Gasteiger partial charge on any atom is -0.314 e. The molecule has 1 nitrogen and oxygen atoms in total. The highest BCUT2D eigenvalue weighted by molar-refractivity contribution is 4.93. The molecule has 0 aromatic carbocycles. The van der Waals surface area contributed by atoms with E-state index in [-0.39, 0.29) is 0 Å². The Hall–Kier alpha value is -0.0400. The highest BCUT2D eigenvalue weighted by Crippen LogP contribution is 2.44. The smallest absolute Gasteiger partial charge is 0.00980 e. The fourth-order valence-corrected chi connectivity index (χ4v) is 3.69. The van der Waals surface area contributed by atoms with Gasteiger partial charge >= 0.3 is 0 Å². The van der Waals surface area contributed by atoms with Crippen LogP contribution in [0, 0.1) is 11.8 Å². The maximum atomic E-state index is 3.80. The average molecular weight is 223 g/mol. The zero-order chi connectivity index (χ0) is 11.2. The van der Waals surface area contributed by atoms with Crippen molar-refractivity contribution in [2.45, 2.75) is 77.2 Å². The van der Waals surface area contributed by atoms with E-state index >= 15 is 0 Å². The highest BCUT2D eigenvalue weighted by atomic mass is 14.9. The van der Waals surface area contributed by atoms with Crippen molar-refractivity contribution in [3.05, 3.63) is 0 Å². The summed E-state index contributed by atoms with van der Waals surface area (Å²) < 4.78 is 0. The SMILES string of the molecule is CCCCCCCCNC1CC2CCC1C2. The fraction of sp³-hybridized carbons (Fsp3) is 1.00. The highest BCUT2D eigenvalue weighted by Gasteiger charge is 2.38. The van der Waals surface area contributed by atoms with Crippen molar-refractivity contribution < 1.29 is 0 Å². The number of hydrogen-bond donors (Lipinski definition) is 1. The second kappa shape index (κ2) is 6.64. The van der Waals surface area contributed by atoms with Gasteiger partial charge in [0.15, 0.2) is 0 Å². The lowest BCUT2D eigenvalue weighted by molar-refractivity contribution is 0.349. The molecule has 1 N–H and O–H groups in total. The van der Waals surface area contributed by atoms with Crippen molar-refractivity contribution in [1.29, 1.82) is 0 Å².